The molecule has 0 heterocycles. The van der Waals surface area contributed by atoms with Crippen LogP contribution in [0, 0.1) is 11.8 Å². The van der Waals surface area contributed by atoms with E-state index in [9.17, 15) is 14.7 Å². The molecule has 0 aliphatic carbocycles. The van der Waals surface area contributed by atoms with Crippen LogP contribution < -0.4 is 5.32 Å². The second kappa shape index (κ2) is 6.19. The number of amides is 1. The molecule has 1 aromatic carbocycles. The van der Waals surface area contributed by atoms with Crippen molar-refractivity contribution in [3.05, 3.63) is 35.9 Å². The number of hydrogen-bond donors (Lipinski definition) is 2. The van der Waals surface area contributed by atoms with Gasteiger partial charge in [-0.25, -0.2) is 4.79 Å². The van der Waals surface area contributed by atoms with Crippen molar-refractivity contribution in [1.29, 1.82) is 0 Å². The van der Waals surface area contributed by atoms with E-state index >= 15 is 0 Å². The van der Waals surface area contributed by atoms with Crippen LogP contribution in [0.15, 0.2) is 30.3 Å². The lowest BCUT2D eigenvalue weighted by molar-refractivity contribution is -0.141. The summed E-state index contributed by atoms with van der Waals surface area (Å²) in [6.07, 6.45) is 0. The fourth-order valence-corrected chi connectivity index (χ4v) is 1.62. The van der Waals surface area contributed by atoms with E-state index < -0.39 is 12.0 Å². The highest BCUT2D eigenvalue weighted by Gasteiger charge is 2.28. The van der Waals surface area contributed by atoms with Gasteiger partial charge in [0.2, 0.25) is 0 Å². The molecule has 0 bridgehead atoms. The number of benzene rings is 1. The Morgan fingerprint density at radius 3 is 2.11 bits per heavy atom. The maximum atomic E-state index is 11.9. The van der Waals surface area contributed by atoms with Crippen LogP contribution in [0.5, 0.6) is 0 Å². The second-order valence-electron chi connectivity index (χ2n) is 4.76. The summed E-state index contributed by atoms with van der Waals surface area (Å²) in [5.41, 5.74) is 0.472. The fourth-order valence-electron chi connectivity index (χ4n) is 1.62. The summed E-state index contributed by atoms with van der Waals surface area (Å²) in [5, 5.41) is 11.7. The van der Waals surface area contributed by atoms with Crippen LogP contribution in [0.3, 0.4) is 0 Å². The minimum atomic E-state index is -1.000. The third-order valence-electron chi connectivity index (χ3n) is 3.17. The minimum absolute atomic E-state index is 0.129. The van der Waals surface area contributed by atoms with Crippen LogP contribution >= 0.6 is 0 Å². The zero-order valence-electron chi connectivity index (χ0n) is 10.9. The van der Waals surface area contributed by atoms with Gasteiger partial charge in [-0.3, -0.25) is 4.79 Å². The van der Waals surface area contributed by atoms with E-state index in [1.54, 1.807) is 24.3 Å². The largest absolute Gasteiger partial charge is 0.480 e. The first-order chi connectivity index (χ1) is 8.43. The van der Waals surface area contributed by atoms with E-state index in [0.717, 1.165) is 0 Å². The third-order valence-corrected chi connectivity index (χ3v) is 3.17. The van der Waals surface area contributed by atoms with Gasteiger partial charge in [0.1, 0.15) is 6.04 Å². The van der Waals surface area contributed by atoms with Gasteiger partial charge in [-0.2, -0.15) is 0 Å². The summed E-state index contributed by atoms with van der Waals surface area (Å²) >= 11 is 0. The number of carbonyl (C=O) groups excluding carboxylic acids is 1. The topological polar surface area (TPSA) is 66.4 Å². The molecule has 0 spiro atoms. The Labute approximate surface area is 107 Å². The average Bonchev–Trinajstić information content (AvgIpc) is 2.35. The summed E-state index contributed by atoms with van der Waals surface area (Å²) in [7, 11) is 0. The number of aliphatic carboxylic acids is 1. The number of rotatable bonds is 5. The van der Waals surface area contributed by atoms with Crippen LogP contribution in [-0.4, -0.2) is 23.0 Å². The number of carboxylic acid groups (broad SMARTS) is 1. The predicted molar refractivity (Wildman–Crippen MR) is 69.3 cm³/mol. The molecule has 1 aromatic rings. The zero-order valence-corrected chi connectivity index (χ0v) is 10.9. The van der Waals surface area contributed by atoms with Gasteiger partial charge >= 0.3 is 5.97 Å². The first-order valence-electron chi connectivity index (χ1n) is 6.02. The Bertz CT molecular complexity index is 414. The first kappa shape index (κ1) is 14.2. The minimum Gasteiger partial charge on any atom is -0.480 e. The van der Waals surface area contributed by atoms with Crippen molar-refractivity contribution in [1.82, 2.24) is 5.32 Å². The molecule has 0 aliphatic rings. The molecule has 98 valence electrons. The molecule has 1 amide bonds. The van der Waals surface area contributed by atoms with Gasteiger partial charge in [0, 0.05) is 5.56 Å². The second-order valence-corrected chi connectivity index (χ2v) is 4.76. The molecule has 2 unspecified atom stereocenters. The van der Waals surface area contributed by atoms with E-state index in [2.05, 4.69) is 5.32 Å². The molecule has 0 fully saturated rings. The van der Waals surface area contributed by atoms with Gasteiger partial charge in [-0.15, -0.1) is 0 Å². The standard InChI is InChI=1S/C14H19NO3/c1-9(2)10(3)12(14(17)18)15-13(16)11-7-5-4-6-8-11/h4-10,12H,1-3H3,(H,15,16)(H,17,18). The van der Waals surface area contributed by atoms with Crippen molar-refractivity contribution in [2.45, 2.75) is 26.8 Å². The van der Waals surface area contributed by atoms with Gasteiger partial charge in [-0.1, -0.05) is 39.0 Å². The maximum absolute atomic E-state index is 11.9. The Balaban J connectivity index is 2.79. The van der Waals surface area contributed by atoms with Crippen LogP contribution in [0.4, 0.5) is 0 Å². The van der Waals surface area contributed by atoms with Crippen LogP contribution in [0.1, 0.15) is 31.1 Å². The highest BCUT2D eigenvalue weighted by atomic mass is 16.4. The van der Waals surface area contributed by atoms with Gasteiger partial charge in [0.25, 0.3) is 5.91 Å². The van der Waals surface area contributed by atoms with Gasteiger partial charge < -0.3 is 10.4 Å². The SMILES string of the molecule is CC(C)C(C)C(NC(=O)c1ccccc1)C(=O)O. The normalized spacial score (nSPS) is 14.0. The number of carboxylic acids is 1. The Kier molecular flexibility index (Phi) is 4.89. The van der Waals surface area contributed by atoms with Crippen molar-refractivity contribution in [2.24, 2.45) is 11.8 Å². The highest BCUT2D eigenvalue weighted by Crippen LogP contribution is 2.15. The first-order valence-corrected chi connectivity index (χ1v) is 6.02. The Hall–Kier alpha value is -1.84. The predicted octanol–water partition coefficient (Wildman–Crippen LogP) is 2.16. The van der Waals surface area contributed by atoms with E-state index in [0.29, 0.717) is 5.56 Å². The Morgan fingerprint density at radius 1 is 1.11 bits per heavy atom. The van der Waals surface area contributed by atoms with Gasteiger partial charge in [0.05, 0.1) is 0 Å². The fraction of sp³-hybridized carbons (Fsp3) is 0.429. The van der Waals surface area contributed by atoms with Crippen LogP contribution in [0.2, 0.25) is 0 Å². The molecule has 0 aliphatic heterocycles. The molecule has 0 saturated carbocycles. The van der Waals surface area contributed by atoms with Gasteiger partial charge in [0.15, 0.2) is 0 Å². The molecule has 18 heavy (non-hydrogen) atoms. The summed E-state index contributed by atoms with van der Waals surface area (Å²) in [6.45, 7) is 5.71. The number of carbonyl (C=O) groups is 2. The van der Waals surface area contributed by atoms with E-state index in [-0.39, 0.29) is 17.7 Å². The molecule has 4 nitrogen and oxygen atoms in total. The molecule has 1 rings (SSSR count). The quantitative estimate of drug-likeness (QED) is 0.840. The molecular formula is C14H19NO3. The molecule has 2 N–H and O–H groups in total. The number of hydrogen-bond acceptors (Lipinski definition) is 2. The average molecular weight is 249 g/mol. The lowest BCUT2D eigenvalue weighted by Gasteiger charge is -2.24. The molecule has 0 saturated heterocycles. The van der Waals surface area contributed by atoms with Crippen molar-refractivity contribution in [3.63, 3.8) is 0 Å². The lowest BCUT2D eigenvalue weighted by atomic mass is 9.90. The van der Waals surface area contributed by atoms with Crippen molar-refractivity contribution >= 4 is 11.9 Å². The Morgan fingerprint density at radius 2 is 1.67 bits per heavy atom. The third kappa shape index (κ3) is 3.58. The molecule has 0 radical (unpaired) electrons. The summed E-state index contributed by atoms with van der Waals surface area (Å²) in [4.78, 5) is 23.1. The van der Waals surface area contributed by atoms with E-state index in [4.69, 9.17) is 0 Å². The van der Waals surface area contributed by atoms with Gasteiger partial charge in [-0.05, 0) is 24.0 Å². The summed E-state index contributed by atoms with van der Waals surface area (Å²) in [5.74, 6) is -1.30. The van der Waals surface area contributed by atoms with E-state index in [1.165, 1.54) is 0 Å². The highest BCUT2D eigenvalue weighted by molar-refractivity contribution is 5.96. The summed E-state index contributed by atoms with van der Waals surface area (Å²) < 4.78 is 0. The number of nitrogens with one attached hydrogen (secondary N) is 1. The van der Waals surface area contributed by atoms with Crippen LogP contribution in [0.25, 0.3) is 0 Å². The lowest BCUT2D eigenvalue weighted by Crippen LogP contribution is -2.46. The monoisotopic (exact) mass is 249 g/mol. The smallest absolute Gasteiger partial charge is 0.326 e. The molecule has 2 atom stereocenters. The van der Waals surface area contributed by atoms with Crippen molar-refractivity contribution in [3.8, 4) is 0 Å². The van der Waals surface area contributed by atoms with Crippen molar-refractivity contribution < 1.29 is 14.7 Å². The van der Waals surface area contributed by atoms with Crippen molar-refractivity contribution in [2.75, 3.05) is 0 Å². The molecular weight excluding hydrogens is 230 g/mol. The zero-order chi connectivity index (χ0) is 13.7. The molecule has 4 heteroatoms. The van der Waals surface area contributed by atoms with E-state index in [1.807, 2.05) is 26.8 Å². The van der Waals surface area contributed by atoms with Crippen LogP contribution in [-0.2, 0) is 4.79 Å². The summed E-state index contributed by atoms with van der Waals surface area (Å²) in [6, 6.07) is 7.76. The molecule has 0 aromatic heterocycles. The maximum Gasteiger partial charge on any atom is 0.326 e.